The highest BCUT2D eigenvalue weighted by Crippen LogP contribution is 2.22. The maximum absolute atomic E-state index is 5.18. The molecule has 0 aliphatic carbocycles. The molecule has 1 aromatic carbocycles. The predicted octanol–water partition coefficient (Wildman–Crippen LogP) is 3.08. The topological polar surface area (TPSA) is 47.0 Å². The molecule has 1 aromatic heterocycles. The Bertz CT molecular complexity index is 571. The molecule has 0 aliphatic heterocycles. The number of aryl methyl sites for hydroxylation is 1. The number of hydrogen-bond acceptors (Lipinski definition) is 4. The van der Waals surface area contributed by atoms with Crippen molar-refractivity contribution >= 4 is 0 Å². The third-order valence-electron chi connectivity index (χ3n) is 3.53. The van der Waals surface area contributed by atoms with Crippen molar-refractivity contribution in [3.8, 4) is 5.88 Å². The van der Waals surface area contributed by atoms with E-state index in [0.29, 0.717) is 5.88 Å². The van der Waals surface area contributed by atoms with E-state index in [0.717, 1.165) is 25.1 Å². The van der Waals surface area contributed by atoms with Gasteiger partial charge in [0.2, 0.25) is 5.88 Å². The minimum atomic E-state index is 0.255. The summed E-state index contributed by atoms with van der Waals surface area (Å²) in [7, 11) is 1.63. The summed E-state index contributed by atoms with van der Waals surface area (Å²) in [5.41, 5.74) is 3.61. The van der Waals surface area contributed by atoms with Gasteiger partial charge >= 0.3 is 0 Å². The summed E-state index contributed by atoms with van der Waals surface area (Å²) in [4.78, 5) is 8.42. The van der Waals surface area contributed by atoms with E-state index in [1.165, 1.54) is 11.1 Å². The highest BCUT2D eigenvalue weighted by Gasteiger charge is 2.14. The summed E-state index contributed by atoms with van der Waals surface area (Å²) in [6.45, 7) is 5.31. The monoisotopic (exact) mass is 285 g/mol. The van der Waals surface area contributed by atoms with E-state index in [-0.39, 0.29) is 6.04 Å². The molecule has 4 nitrogen and oxygen atoms in total. The van der Waals surface area contributed by atoms with Gasteiger partial charge in [0.15, 0.2) is 0 Å². The second-order valence-corrected chi connectivity index (χ2v) is 5.12. The molecule has 1 N–H and O–H groups in total. The van der Waals surface area contributed by atoms with Crippen LogP contribution >= 0.6 is 0 Å². The summed E-state index contributed by atoms with van der Waals surface area (Å²) in [6, 6.07) is 10.6. The molecule has 0 aliphatic rings. The number of nitrogens with zero attached hydrogens (tertiary/aromatic N) is 2. The molecule has 21 heavy (non-hydrogen) atoms. The van der Waals surface area contributed by atoms with Gasteiger partial charge in [0.25, 0.3) is 0 Å². The first kappa shape index (κ1) is 15.4. The van der Waals surface area contributed by atoms with Gasteiger partial charge < -0.3 is 10.1 Å². The summed E-state index contributed by atoms with van der Waals surface area (Å²) in [5.74, 6) is 0.610. The van der Waals surface area contributed by atoms with Crippen molar-refractivity contribution in [1.82, 2.24) is 15.3 Å². The average molecular weight is 285 g/mol. The number of rotatable bonds is 7. The van der Waals surface area contributed by atoms with Crippen LogP contribution in [0.4, 0.5) is 0 Å². The van der Waals surface area contributed by atoms with E-state index >= 15 is 0 Å². The lowest BCUT2D eigenvalue weighted by atomic mass is 9.97. The molecule has 2 aromatic rings. The molecule has 0 radical (unpaired) electrons. The van der Waals surface area contributed by atoms with Gasteiger partial charge in [-0.25, -0.2) is 9.97 Å². The van der Waals surface area contributed by atoms with E-state index in [9.17, 15) is 0 Å². The Morgan fingerprint density at radius 3 is 2.76 bits per heavy atom. The molecule has 0 saturated heterocycles. The number of methoxy groups -OCH3 is 1. The van der Waals surface area contributed by atoms with Crippen LogP contribution in [0.25, 0.3) is 0 Å². The molecule has 2 rings (SSSR count). The largest absolute Gasteiger partial charge is 0.481 e. The van der Waals surface area contributed by atoms with Crippen LogP contribution in [0.1, 0.15) is 36.2 Å². The Balaban J connectivity index is 2.21. The molecular formula is C17H23N3O. The summed E-state index contributed by atoms with van der Waals surface area (Å²) >= 11 is 0. The van der Waals surface area contributed by atoms with Crippen LogP contribution in [0.15, 0.2) is 36.7 Å². The SMILES string of the molecule is CCCNC(Cc1cc(OC)ncn1)c1ccccc1C. The van der Waals surface area contributed by atoms with Crippen LogP contribution in [0.5, 0.6) is 5.88 Å². The fourth-order valence-corrected chi connectivity index (χ4v) is 2.40. The Kier molecular flexibility index (Phi) is 5.69. The zero-order valence-electron chi connectivity index (χ0n) is 13.0. The highest BCUT2D eigenvalue weighted by molar-refractivity contribution is 5.30. The normalized spacial score (nSPS) is 12.1. The Morgan fingerprint density at radius 2 is 2.05 bits per heavy atom. The molecule has 4 heteroatoms. The Labute approximate surface area is 126 Å². The zero-order chi connectivity index (χ0) is 15.1. The van der Waals surface area contributed by atoms with Crippen LogP contribution in [-0.4, -0.2) is 23.6 Å². The Morgan fingerprint density at radius 1 is 1.24 bits per heavy atom. The third kappa shape index (κ3) is 4.26. The number of aromatic nitrogens is 2. The lowest BCUT2D eigenvalue weighted by molar-refractivity contribution is 0.395. The minimum absolute atomic E-state index is 0.255. The van der Waals surface area contributed by atoms with E-state index in [1.807, 2.05) is 6.07 Å². The fourth-order valence-electron chi connectivity index (χ4n) is 2.40. The van der Waals surface area contributed by atoms with Crippen LogP contribution in [0, 0.1) is 6.92 Å². The van der Waals surface area contributed by atoms with Gasteiger partial charge in [0, 0.05) is 24.2 Å². The third-order valence-corrected chi connectivity index (χ3v) is 3.53. The molecule has 0 amide bonds. The zero-order valence-corrected chi connectivity index (χ0v) is 13.0. The molecule has 1 atom stereocenters. The second kappa shape index (κ2) is 7.74. The second-order valence-electron chi connectivity index (χ2n) is 5.12. The lowest BCUT2D eigenvalue weighted by Crippen LogP contribution is -2.25. The van der Waals surface area contributed by atoms with Gasteiger partial charge in [-0.1, -0.05) is 31.2 Å². The fraction of sp³-hybridized carbons (Fsp3) is 0.412. The van der Waals surface area contributed by atoms with Gasteiger partial charge in [-0.15, -0.1) is 0 Å². The standard InChI is InChI=1S/C17H23N3O/c1-4-9-18-16(15-8-6-5-7-13(15)2)10-14-11-17(21-3)20-12-19-14/h5-8,11-12,16,18H,4,9-10H2,1-3H3. The van der Waals surface area contributed by atoms with Gasteiger partial charge in [-0.2, -0.15) is 0 Å². The van der Waals surface area contributed by atoms with Crippen molar-refractivity contribution in [2.45, 2.75) is 32.7 Å². The van der Waals surface area contributed by atoms with Crippen LogP contribution in [0.3, 0.4) is 0 Å². The summed E-state index contributed by atoms with van der Waals surface area (Å²) in [6.07, 6.45) is 3.49. The first-order chi connectivity index (χ1) is 10.2. The molecule has 1 unspecified atom stereocenters. The lowest BCUT2D eigenvalue weighted by Gasteiger charge is -2.20. The highest BCUT2D eigenvalue weighted by atomic mass is 16.5. The van der Waals surface area contributed by atoms with Crippen LogP contribution in [-0.2, 0) is 6.42 Å². The van der Waals surface area contributed by atoms with Crippen LogP contribution < -0.4 is 10.1 Å². The molecule has 0 spiro atoms. The molecule has 0 bridgehead atoms. The first-order valence-electron chi connectivity index (χ1n) is 7.38. The quantitative estimate of drug-likeness (QED) is 0.849. The van der Waals surface area contributed by atoms with E-state index in [1.54, 1.807) is 13.4 Å². The number of nitrogens with one attached hydrogen (secondary N) is 1. The molecule has 1 heterocycles. The smallest absolute Gasteiger partial charge is 0.216 e. The average Bonchev–Trinajstić information content (AvgIpc) is 2.52. The molecular weight excluding hydrogens is 262 g/mol. The molecule has 0 saturated carbocycles. The van der Waals surface area contributed by atoms with Crippen molar-refractivity contribution in [3.05, 3.63) is 53.5 Å². The predicted molar refractivity (Wildman–Crippen MR) is 84.5 cm³/mol. The van der Waals surface area contributed by atoms with Crippen molar-refractivity contribution in [2.75, 3.05) is 13.7 Å². The Hall–Kier alpha value is -1.94. The number of benzene rings is 1. The maximum atomic E-state index is 5.18. The number of hydrogen-bond donors (Lipinski definition) is 1. The van der Waals surface area contributed by atoms with Crippen molar-refractivity contribution < 1.29 is 4.74 Å². The molecule has 112 valence electrons. The van der Waals surface area contributed by atoms with Gasteiger partial charge in [-0.05, 0) is 31.0 Å². The van der Waals surface area contributed by atoms with Crippen molar-refractivity contribution in [1.29, 1.82) is 0 Å². The van der Waals surface area contributed by atoms with Gasteiger partial charge in [0.05, 0.1) is 7.11 Å². The number of ether oxygens (including phenoxy) is 1. The van der Waals surface area contributed by atoms with E-state index in [4.69, 9.17) is 4.74 Å². The molecule has 0 fully saturated rings. The van der Waals surface area contributed by atoms with Gasteiger partial charge in [-0.3, -0.25) is 0 Å². The van der Waals surface area contributed by atoms with E-state index < -0.39 is 0 Å². The first-order valence-corrected chi connectivity index (χ1v) is 7.38. The van der Waals surface area contributed by atoms with Crippen molar-refractivity contribution in [2.24, 2.45) is 0 Å². The van der Waals surface area contributed by atoms with Crippen LogP contribution in [0.2, 0.25) is 0 Å². The maximum Gasteiger partial charge on any atom is 0.216 e. The van der Waals surface area contributed by atoms with Gasteiger partial charge in [0.1, 0.15) is 6.33 Å². The van der Waals surface area contributed by atoms with E-state index in [2.05, 4.69) is 53.4 Å². The summed E-state index contributed by atoms with van der Waals surface area (Å²) < 4.78 is 5.18. The van der Waals surface area contributed by atoms with Crippen molar-refractivity contribution in [3.63, 3.8) is 0 Å². The summed E-state index contributed by atoms with van der Waals surface area (Å²) in [5, 5.41) is 3.61. The minimum Gasteiger partial charge on any atom is -0.481 e.